The van der Waals surface area contributed by atoms with Crippen molar-refractivity contribution < 1.29 is 14.4 Å². The van der Waals surface area contributed by atoms with Crippen LogP contribution in [0, 0.1) is 0 Å². The maximum absolute atomic E-state index is 11.8. The van der Waals surface area contributed by atoms with Crippen LogP contribution in [0.2, 0.25) is 0 Å². The molecule has 5 nitrogen and oxygen atoms in total. The molecular formula is C12H24N2O3. The van der Waals surface area contributed by atoms with Crippen molar-refractivity contribution in [2.24, 2.45) is 0 Å². The van der Waals surface area contributed by atoms with Gasteiger partial charge in [-0.15, -0.1) is 0 Å². The molecule has 0 aromatic heterocycles. The second-order valence-corrected chi connectivity index (χ2v) is 4.87. The molecule has 0 fully saturated rings. The summed E-state index contributed by atoms with van der Waals surface area (Å²) in [6.07, 6.45) is 1.96. The molecule has 2 amide bonds. The van der Waals surface area contributed by atoms with Crippen LogP contribution in [0.5, 0.6) is 0 Å². The summed E-state index contributed by atoms with van der Waals surface area (Å²) in [5.74, 6) is -0.175. The third-order valence-electron chi connectivity index (χ3n) is 2.01. The molecule has 0 aromatic rings. The minimum atomic E-state index is -0.559. The quantitative estimate of drug-likeness (QED) is 0.545. The second kappa shape index (κ2) is 7.27. The van der Waals surface area contributed by atoms with Crippen molar-refractivity contribution in [2.75, 3.05) is 6.54 Å². The van der Waals surface area contributed by atoms with Crippen LogP contribution in [0.3, 0.4) is 0 Å². The van der Waals surface area contributed by atoms with Crippen molar-refractivity contribution >= 4 is 12.3 Å². The van der Waals surface area contributed by atoms with E-state index in [1.54, 1.807) is 0 Å². The average Bonchev–Trinajstić information content (AvgIpc) is 2.22. The summed E-state index contributed by atoms with van der Waals surface area (Å²) in [7, 11) is 0. The van der Waals surface area contributed by atoms with E-state index in [2.05, 4.69) is 5.32 Å². The lowest BCUT2D eigenvalue weighted by Gasteiger charge is -2.32. The molecule has 0 aromatic carbocycles. The molecule has 0 aliphatic rings. The van der Waals surface area contributed by atoms with Gasteiger partial charge in [-0.25, -0.2) is 5.06 Å². The summed E-state index contributed by atoms with van der Waals surface area (Å²) in [6, 6.07) is -0.559. The molecule has 17 heavy (non-hydrogen) atoms. The van der Waals surface area contributed by atoms with Crippen molar-refractivity contribution in [3.05, 3.63) is 0 Å². The van der Waals surface area contributed by atoms with E-state index in [1.165, 1.54) is 0 Å². The molecule has 0 bridgehead atoms. The predicted molar refractivity (Wildman–Crippen MR) is 66.1 cm³/mol. The summed E-state index contributed by atoms with van der Waals surface area (Å²) in [6.45, 7) is 9.86. The molecule has 0 aliphatic carbocycles. The first-order valence-corrected chi connectivity index (χ1v) is 6.06. The molecule has 0 spiro atoms. The van der Waals surface area contributed by atoms with Gasteiger partial charge in [-0.1, -0.05) is 13.3 Å². The van der Waals surface area contributed by atoms with Gasteiger partial charge in [0.2, 0.25) is 12.3 Å². The number of nitrogens with one attached hydrogen (secondary N) is 1. The van der Waals surface area contributed by atoms with Crippen molar-refractivity contribution in [2.45, 2.75) is 59.1 Å². The summed E-state index contributed by atoms with van der Waals surface area (Å²) in [5, 5.41) is 3.83. The normalized spacial score (nSPS) is 13.0. The summed E-state index contributed by atoms with van der Waals surface area (Å²) >= 11 is 0. The number of hydrogen-bond donors (Lipinski definition) is 1. The Bertz CT molecular complexity index is 249. The molecular weight excluding hydrogens is 220 g/mol. The van der Waals surface area contributed by atoms with Crippen molar-refractivity contribution in [3.63, 3.8) is 0 Å². The largest absolute Gasteiger partial charge is 0.355 e. The number of hydrogen-bond acceptors (Lipinski definition) is 3. The molecule has 0 saturated carbocycles. The van der Waals surface area contributed by atoms with E-state index in [0.29, 0.717) is 19.4 Å². The van der Waals surface area contributed by atoms with Gasteiger partial charge in [0, 0.05) is 6.54 Å². The molecule has 0 aliphatic heterocycles. The van der Waals surface area contributed by atoms with Crippen LogP contribution in [0.1, 0.15) is 47.5 Å². The predicted octanol–water partition coefficient (Wildman–Crippen LogP) is 1.48. The van der Waals surface area contributed by atoms with Crippen LogP contribution < -0.4 is 5.32 Å². The molecule has 1 atom stereocenters. The maximum Gasteiger partial charge on any atom is 0.245 e. The highest BCUT2D eigenvalue weighted by Crippen LogP contribution is 2.14. The van der Waals surface area contributed by atoms with Crippen molar-refractivity contribution in [3.8, 4) is 0 Å². The standard InChI is InChI=1S/C12H24N2O3/c1-6-8-10(11(16)13-7-2)14(9-15)17-12(3,4)5/h9-10H,6-8H2,1-5H3,(H,13,16)/t10-/m0/s1. The Balaban J connectivity index is 4.73. The van der Waals surface area contributed by atoms with Gasteiger partial charge in [-0.05, 0) is 34.1 Å². The van der Waals surface area contributed by atoms with Gasteiger partial charge in [0.25, 0.3) is 0 Å². The van der Waals surface area contributed by atoms with Crippen molar-refractivity contribution in [1.29, 1.82) is 0 Å². The first-order chi connectivity index (χ1) is 7.85. The summed E-state index contributed by atoms with van der Waals surface area (Å²) < 4.78 is 0. The Morgan fingerprint density at radius 2 is 2.00 bits per heavy atom. The lowest BCUT2D eigenvalue weighted by Crippen LogP contribution is -2.48. The fourth-order valence-electron chi connectivity index (χ4n) is 1.41. The second-order valence-electron chi connectivity index (χ2n) is 4.87. The van der Waals surface area contributed by atoms with Gasteiger partial charge in [-0.3, -0.25) is 14.4 Å². The monoisotopic (exact) mass is 244 g/mol. The molecule has 0 radical (unpaired) electrons. The highest BCUT2D eigenvalue weighted by molar-refractivity contribution is 5.83. The Kier molecular flexibility index (Phi) is 6.80. The number of nitrogens with zero attached hydrogens (tertiary/aromatic N) is 1. The van der Waals surface area contributed by atoms with Gasteiger partial charge < -0.3 is 5.32 Å². The van der Waals surface area contributed by atoms with Gasteiger partial charge >= 0.3 is 0 Å². The smallest absolute Gasteiger partial charge is 0.245 e. The fraction of sp³-hybridized carbons (Fsp3) is 0.833. The average molecular weight is 244 g/mol. The molecule has 0 rings (SSSR count). The topological polar surface area (TPSA) is 58.6 Å². The molecule has 5 heteroatoms. The fourth-order valence-corrected chi connectivity index (χ4v) is 1.41. The van der Waals surface area contributed by atoms with Crippen LogP contribution in [0.15, 0.2) is 0 Å². The number of rotatable bonds is 7. The lowest BCUT2D eigenvalue weighted by molar-refractivity contribution is -0.231. The van der Waals surface area contributed by atoms with E-state index in [1.807, 2.05) is 34.6 Å². The Hall–Kier alpha value is -1.10. The van der Waals surface area contributed by atoms with Crippen LogP contribution >= 0.6 is 0 Å². The van der Waals surface area contributed by atoms with E-state index in [4.69, 9.17) is 4.84 Å². The number of hydroxylamine groups is 2. The third kappa shape index (κ3) is 6.26. The zero-order chi connectivity index (χ0) is 13.5. The van der Waals surface area contributed by atoms with E-state index in [9.17, 15) is 9.59 Å². The van der Waals surface area contributed by atoms with E-state index in [0.717, 1.165) is 11.5 Å². The van der Waals surface area contributed by atoms with Crippen LogP contribution in [-0.2, 0) is 14.4 Å². The molecule has 0 unspecified atom stereocenters. The SMILES string of the molecule is CCC[C@@H](C(=O)NCC)N(C=O)OC(C)(C)C. The minimum Gasteiger partial charge on any atom is -0.355 e. The third-order valence-corrected chi connectivity index (χ3v) is 2.01. The van der Waals surface area contributed by atoms with Gasteiger partial charge in [0.1, 0.15) is 6.04 Å². The molecule has 0 heterocycles. The zero-order valence-corrected chi connectivity index (χ0v) is 11.4. The molecule has 1 N–H and O–H groups in total. The minimum absolute atomic E-state index is 0.175. The Labute approximate surface area is 103 Å². The lowest BCUT2D eigenvalue weighted by atomic mass is 10.1. The zero-order valence-electron chi connectivity index (χ0n) is 11.4. The van der Waals surface area contributed by atoms with E-state index < -0.39 is 11.6 Å². The Morgan fingerprint density at radius 1 is 1.41 bits per heavy atom. The van der Waals surface area contributed by atoms with Crippen LogP contribution in [0.4, 0.5) is 0 Å². The first kappa shape index (κ1) is 15.9. The van der Waals surface area contributed by atoms with Crippen LogP contribution in [0.25, 0.3) is 0 Å². The maximum atomic E-state index is 11.8. The van der Waals surface area contributed by atoms with E-state index in [-0.39, 0.29) is 5.91 Å². The molecule has 100 valence electrons. The highest BCUT2D eigenvalue weighted by Gasteiger charge is 2.28. The Morgan fingerprint density at radius 3 is 2.35 bits per heavy atom. The van der Waals surface area contributed by atoms with Crippen LogP contribution in [-0.4, -0.2) is 35.6 Å². The van der Waals surface area contributed by atoms with Crippen molar-refractivity contribution in [1.82, 2.24) is 10.4 Å². The summed E-state index contributed by atoms with van der Waals surface area (Å²) in [5.41, 5.74) is -0.501. The number of carbonyl (C=O) groups is 2. The number of carbonyl (C=O) groups excluding carboxylic acids is 2. The first-order valence-electron chi connectivity index (χ1n) is 6.06. The highest BCUT2D eigenvalue weighted by atomic mass is 16.7. The van der Waals surface area contributed by atoms with Gasteiger partial charge in [0.05, 0.1) is 5.60 Å². The van der Waals surface area contributed by atoms with Gasteiger partial charge in [0.15, 0.2) is 0 Å². The van der Waals surface area contributed by atoms with E-state index >= 15 is 0 Å². The van der Waals surface area contributed by atoms with Gasteiger partial charge in [-0.2, -0.15) is 0 Å². The number of likely N-dealkylation sites (N-methyl/N-ethyl adjacent to an activating group) is 1. The number of amides is 2. The summed E-state index contributed by atoms with van der Waals surface area (Å²) in [4.78, 5) is 28.3. The molecule has 0 saturated heterocycles.